The SMILES string of the molecule is CCC(C)NC(=O)C(C)Oc1cccc(F)c1C#N. The molecule has 1 amide bonds. The van der Waals surface area contributed by atoms with E-state index in [1.165, 1.54) is 18.2 Å². The average molecular weight is 264 g/mol. The van der Waals surface area contributed by atoms with E-state index in [4.69, 9.17) is 10.00 Å². The summed E-state index contributed by atoms with van der Waals surface area (Å²) in [4.78, 5) is 11.8. The summed E-state index contributed by atoms with van der Waals surface area (Å²) in [5.41, 5.74) is -0.189. The van der Waals surface area contributed by atoms with Crippen LogP contribution in [0.3, 0.4) is 0 Å². The zero-order valence-corrected chi connectivity index (χ0v) is 11.2. The number of ether oxygens (including phenoxy) is 1. The van der Waals surface area contributed by atoms with E-state index < -0.39 is 11.9 Å². The molecule has 0 saturated carbocycles. The maximum absolute atomic E-state index is 13.4. The predicted octanol–water partition coefficient (Wildman–Crippen LogP) is 2.38. The van der Waals surface area contributed by atoms with E-state index in [0.29, 0.717) is 0 Å². The number of carbonyl (C=O) groups is 1. The van der Waals surface area contributed by atoms with Crippen LogP contribution in [0, 0.1) is 17.1 Å². The molecule has 19 heavy (non-hydrogen) atoms. The monoisotopic (exact) mass is 264 g/mol. The zero-order valence-electron chi connectivity index (χ0n) is 11.2. The first-order chi connectivity index (χ1) is 8.99. The number of carbonyl (C=O) groups excluding carboxylic acids is 1. The highest BCUT2D eigenvalue weighted by Gasteiger charge is 2.18. The third-order valence-corrected chi connectivity index (χ3v) is 2.76. The van der Waals surface area contributed by atoms with Crippen LogP contribution in [0.1, 0.15) is 32.8 Å². The highest BCUT2D eigenvalue weighted by molar-refractivity contribution is 5.81. The molecule has 0 radical (unpaired) electrons. The molecule has 0 aliphatic rings. The minimum absolute atomic E-state index is 0.0431. The molecule has 2 unspecified atom stereocenters. The first-order valence-corrected chi connectivity index (χ1v) is 6.15. The van der Waals surface area contributed by atoms with Gasteiger partial charge in [-0.15, -0.1) is 0 Å². The minimum Gasteiger partial charge on any atom is -0.479 e. The lowest BCUT2D eigenvalue weighted by atomic mass is 10.2. The van der Waals surface area contributed by atoms with Gasteiger partial charge in [0.25, 0.3) is 5.91 Å². The number of halogens is 1. The van der Waals surface area contributed by atoms with Crippen molar-refractivity contribution in [3.63, 3.8) is 0 Å². The highest BCUT2D eigenvalue weighted by atomic mass is 19.1. The fourth-order valence-electron chi connectivity index (χ4n) is 1.42. The van der Waals surface area contributed by atoms with Gasteiger partial charge in [-0.3, -0.25) is 4.79 Å². The molecule has 4 nitrogen and oxygen atoms in total. The second kappa shape index (κ2) is 6.74. The number of benzene rings is 1. The van der Waals surface area contributed by atoms with Crippen LogP contribution in [-0.2, 0) is 4.79 Å². The molecule has 0 fully saturated rings. The van der Waals surface area contributed by atoms with Crippen molar-refractivity contribution in [1.29, 1.82) is 5.26 Å². The first kappa shape index (κ1) is 15.0. The van der Waals surface area contributed by atoms with Crippen molar-refractivity contribution < 1.29 is 13.9 Å². The Kier molecular flexibility index (Phi) is 5.31. The van der Waals surface area contributed by atoms with Gasteiger partial charge in [0.15, 0.2) is 6.10 Å². The lowest BCUT2D eigenvalue weighted by Crippen LogP contribution is -2.41. The maximum Gasteiger partial charge on any atom is 0.260 e. The van der Waals surface area contributed by atoms with Crippen molar-refractivity contribution in [2.24, 2.45) is 0 Å². The second-order valence-electron chi connectivity index (χ2n) is 4.30. The molecule has 0 aliphatic heterocycles. The van der Waals surface area contributed by atoms with Crippen molar-refractivity contribution in [2.75, 3.05) is 0 Å². The molecule has 1 N–H and O–H groups in total. The van der Waals surface area contributed by atoms with Crippen molar-refractivity contribution in [2.45, 2.75) is 39.3 Å². The Morgan fingerprint density at radius 1 is 1.53 bits per heavy atom. The first-order valence-electron chi connectivity index (χ1n) is 6.15. The van der Waals surface area contributed by atoms with Crippen LogP contribution in [0.25, 0.3) is 0 Å². The van der Waals surface area contributed by atoms with Crippen LogP contribution in [0.15, 0.2) is 18.2 Å². The lowest BCUT2D eigenvalue weighted by Gasteiger charge is -2.18. The van der Waals surface area contributed by atoms with E-state index in [9.17, 15) is 9.18 Å². The summed E-state index contributed by atoms with van der Waals surface area (Å²) in [6.45, 7) is 5.40. The van der Waals surface area contributed by atoms with Gasteiger partial charge in [0, 0.05) is 6.04 Å². The molecule has 1 aromatic rings. The van der Waals surface area contributed by atoms with E-state index in [2.05, 4.69) is 5.32 Å². The molecule has 2 atom stereocenters. The third kappa shape index (κ3) is 3.95. The molecular formula is C14H17FN2O2. The standard InChI is InChI=1S/C14H17FN2O2/c1-4-9(2)17-14(18)10(3)19-13-7-5-6-12(15)11(13)8-16/h5-7,9-10H,4H2,1-3H3,(H,17,18). The molecule has 0 spiro atoms. The van der Waals surface area contributed by atoms with Gasteiger partial charge in [0.1, 0.15) is 23.2 Å². The van der Waals surface area contributed by atoms with Gasteiger partial charge in [0.2, 0.25) is 0 Å². The van der Waals surface area contributed by atoms with Gasteiger partial charge in [0.05, 0.1) is 0 Å². The third-order valence-electron chi connectivity index (χ3n) is 2.76. The lowest BCUT2D eigenvalue weighted by molar-refractivity contribution is -0.127. The molecule has 102 valence electrons. The molecule has 1 rings (SSSR count). The number of nitrogens with zero attached hydrogens (tertiary/aromatic N) is 1. The van der Waals surface area contributed by atoms with Gasteiger partial charge in [-0.05, 0) is 32.4 Å². The van der Waals surface area contributed by atoms with E-state index in [0.717, 1.165) is 6.42 Å². The van der Waals surface area contributed by atoms with Crippen LogP contribution in [-0.4, -0.2) is 18.1 Å². The maximum atomic E-state index is 13.4. The molecule has 0 saturated heterocycles. The van der Waals surface area contributed by atoms with Gasteiger partial charge in [-0.25, -0.2) is 4.39 Å². The Morgan fingerprint density at radius 3 is 2.79 bits per heavy atom. The summed E-state index contributed by atoms with van der Waals surface area (Å²) in [5, 5.41) is 11.6. The number of rotatable bonds is 5. The Morgan fingerprint density at radius 2 is 2.21 bits per heavy atom. The molecule has 0 aromatic heterocycles. The van der Waals surface area contributed by atoms with Crippen LogP contribution in [0.5, 0.6) is 5.75 Å². The highest BCUT2D eigenvalue weighted by Crippen LogP contribution is 2.21. The van der Waals surface area contributed by atoms with E-state index in [-0.39, 0.29) is 23.3 Å². The summed E-state index contributed by atoms with van der Waals surface area (Å²) >= 11 is 0. The minimum atomic E-state index is -0.789. The molecular weight excluding hydrogens is 247 g/mol. The van der Waals surface area contributed by atoms with E-state index in [1.54, 1.807) is 13.0 Å². The molecule has 0 bridgehead atoms. The van der Waals surface area contributed by atoms with Gasteiger partial charge in [-0.1, -0.05) is 13.0 Å². The Bertz CT molecular complexity index is 497. The molecule has 5 heteroatoms. The topological polar surface area (TPSA) is 62.1 Å². The summed E-state index contributed by atoms with van der Waals surface area (Å²) in [7, 11) is 0. The Hall–Kier alpha value is -2.09. The van der Waals surface area contributed by atoms with Gasteiger partial charge in [-0.2, -0.15) is 5.26 Å². The van der Waals surface area contributed by atoms with Crippen LogP contribution < -0.4 is 10.1 Å². The van der Waals surface area contributed by atoms with Crippen molar-refractivity contribution in [3.8, 4) is 11.8 Å². The largest absolute Gasteiger partial charge is 0.479 e. The van der Waals surface area contributed by atoms with Gasteiger partial charge < -0.3 is 10.1 Å². The number of amides is 1. The predicted molar refractivity (Wildman–Crippen MR) is 69.1 cm³/mol. The smallest absolute Gasteiger partial charge is 0.260 e. The molecule has 1 aromatic carbocycles. The van der Waals surface area contributed by atoms with Gasteiger partial charge >= 0.3 is 0 Å². The van der Waals surface area contributed by atoms with Crippen LogP contribution in [0.4, 0.5) is 4.39 Å². The van der Waals surface area contributed by atoms with Crippen molar-refractivity contribution >= 4 is 5.91 Å². The van der Waals surface area contributed by atoms with E-state index in [1.807, 2.05) is 13.8 Å². The molecule has 0 heterocycles. The zero-order chi connectivity index (χ0) is 14.4. The fourth-order valence-corrected chi connectivity index (χ4v) is 1.42. The normalized spacial score (nSPS) is 13.2. The average Bonchev–Trinajstić information content (AvgIpc) is 2.38. The van der Waals surface area contributed by atoms with Crippen molar-refractivity contribution in [3.05, 3.63) is 29.6 Å². The quantitative estimate of drug-likeness (QED) is 0.888. The summed E-state index contributed by atoms with van der Waals surface area (Å²) < 4.78 is 18.7. The summed E-state index contributed by atoms with van der Waals surface area (Å²) in [6, 6.07) is 5.85. The van der Waals surface area contributed by atoms with Crippen molar-refractivity contribution in [1.82, 2.24) is 5.32 Å². The fraction of sp³-hybridized carbons (Fsp3) is 0.429. The number of hydrogen-bond donors (Lipinski definition) is 1. The van der Waals surface area contributed by atoms with Crippen LogP contribution >= 0.6 is 0 Å². The summed E-state index contributed by atoms with van der Waals surface area (Å²) in [6.07, 6.45) is 0.0184. The molecule has 0 aliphatic carbocycles. The second-order valence-corrected chi connectivity index (χ2v) is 4.30. The summed E-state index contributed by atoms with van der Waals surface area (Å²) in [5.74, 6) is -0.869. The number of nitrogens with one attached hydrogen (secondary N) is 1. The Labute approximate surface area is 112 Å². The van der Waals surface area contributed by atoms with Crippen LogP contribution in [0.2, 0.25) is 0 Å². The van der Waals surface area contributed by atoms with E-state index >= 15 is 0 Å². The number of nitriles is 1. The number of hydrogen-bond acceptors (Lipinski definition) is 3. The Balaban J connectivity index is 2.78.